The zero-order valence-electron chi connectivity index (χ0n) is 12.0. The third-order valence-corrected chi connectivity index (χ3v) is 3.21. The summed E-state index contributed by atoms with van der Waals surface area (Å²) in [6.45, 7) is 12.1. The molecule has 0 aliphatic heterocycles. The Morgan fingerprint density at radius 2 is 1.69 bits per heavy atom. The van der Waals surface area contributed by atoms with Gasteiger partial charge < -0.3 is 9.64 Å². The van der Waals surface area contributed by atoms with Crippen molar-refractivity contribution in [2.24, 2.45) is 5.92 Å². The Bertz CT molecular complexity index is 148. The Labute approximate surface area is 102 Å². The van der Waals surface area contributed by atoms with Crippen molar-refractivity contribution in [3.8, 4) is 0 Å². The molecule has 0 spiro atoms. The van der Waals surface area contributed by atoms with Gasteiger partial charge in [-0.15, -0.1) is 0 Å². The molecule has 0 N–H and O–H groups in total. The molecule has 0 aromatic carbocycles. The van der Waals surface area contributed by atoms with Crippen LogP contribution in [-0.2, 0) is 4.74 Å². The van der Waals surface area contributed by atoms with Gasteiger partial charge in [-0.3, -0.25) is 0 Å². The van der Waals surface area contributed by atoms with Gasteiger partial charge in [0.2, 0.25) is 0 Å². The molecule has 0 fully saturated rings. The molecule has 0 aromatic heterocycles. The molecule has 0 saturated carbocycles. The second-order valence-corrected chi connectivity index (χ2v) is 5.24. The van der Waals surface area contributed by atoms with Crippen LogP contribution in [0, 0.1) is 5.92 Å². The van der Waals surface area contributed by atoms with Gasteiger partial charge in [0.15, 0.2) is 0 Å². The molecule has 98 valence electrons. The highest BCUT2D eigenvalue weighted by atomic mass is 16.5. The molecule has 0 aliphatic carbocycles. The van der Waals surface area contributed by atoms with E-state index in [9.17, 15) is 0 Å². The molecular weight excluding hydrogens is 198 g/mol. The summed E-state index contributed by atoms with van der Waals surface area (Å²) in [6, 6.07) is 0.695. The minimum atomic E-state index is 0.695. The van der Waals surface area contributed by atoms with Gasteiger partial charge in [0.1, 0.15) is 0 Å². The number of nitrogens with zero attached hydrogens (tertiary/aromatic N) is 1. The Morgan fingerprint density at radius 3 is 2.25 bits per heavy atom. The van der Waals surface area contributed by atoms with Gasteiger partial charge in [-0.1, -0.05) is 20.8 Å². The van der Waals surface area contributed by atoms with E-state index in [0.29, 0.717) is 6.04 Å². The summed E-state index contributed by atoms with van der Waals surface area (Å²) in [6.07, 6.45) is 4.87. The van der Waals surface area contributed by atoms with Crippen LogP contribution in [0.15, 0.2) is 0 Å². The van der Waals surface area contributed by atoms with Crippen molar-refractivity contribution in [2.45, 2.75) is 59.4 Å². The molecular formula is C14H31NO. The fourth-order valence-corrected chi connectivity index (χ4v) is 1.64. The van der Waals surface area contributed by atoms with Crippen LogP contribution >= 0.6 is 0 Å². The van der Waals surface area contributed by atoms with E-state index >= 15 is 0 Å². The predicted octanol–water partition coefficient (Wildman–Crippen LogP) is 3.56. The zero-order valence-corrected chi connectivity index (χ0v) is 12.0. The molecule has 0 bridgehead atoms. The van der Waals surface area contributed by atoms with Gasteiger partial charge in [0, 0.05) is 25.8 Å². The molecule has 0 aromatic rings. The van der Waals surface area contributed by atoms with Crippen molar-refractivity contribution in [3.63, 3.8) is 0 Å². The lowest BCUT2D eigenvalue weighted by molar-refractivity contribution is 0.113. The summed E-state index contributed by atoms with van der Waals surface area (Å²) in [5.74, 6) is 0.806. The SMILES string of the molecule is CCC(C)N(C)CCCOCCCC(C)C. The lowest BCUT2D eigenvalue weighted by Crippen LogP contribution is -2.29. The van der Waals surface area contributed by atoms with Crippen molar-refractivity contribution < 1.29 is 4.74 Å². The van der Waals surface area contributed by atoms with Gasteiger partial charge in [0.25, 0.3) is 0 Å². The maximum absolute atomic E-state index is 5.62. The van der Waals surface area contributed by atoms with Crippen LogP contribution < -0.4 is 0 Å². The Balaban J connectivity index is 3.20. The van der Waals surface area contributed by atoms with E-state index in [1.165, 1.54) is 19.3 Å². The van der Waals surface area contributed by atoms with Crippen LogP contribution in [0.2, 0.25) is 0 Å². The lowest BCUT2D eigenvalue weighted by atomic mass is 10.1. The van der Waals surface area contributed by atoms with E-state index < -0.39 is 0 Å². The standard InChI is InChI=1S/C14H31NO/c1-6-14(4)15(5)10-8-12-16-11-7-9-13(2)3/h13-14H,6-12H2,1-5H3. The van der Waals surface area contributed by atoms with E-state index in [0.717, 1.165) is 32.1 Å². The fraction of sp³-hybridized carbons (Fsp3) is 1.00. The van der Waals surface area contributed by atoms with E-state index in [2.05, 4.69) is 39.6 Å². The molecule has 2 heteroatoms. The van der Waals surface area contributed by atoms with Crippen LogP contribution in [0.3, 0.4) is 0 Å². The van der Waals surface area contributed by atoms with E-state index in [4.69, 9.17) is 4.74 Å². The van der Waals surface area contributed by atoms with Gasteiger partial charge in [0.05, 0.1) is 0 Å². The molecule has 0 radical (unpaired) electrons. The first-order valence-corrected chi connectivity index (χ1v) is 6.85. The smallest absolute Gasteiger partial charge is 0.0478 e. The van der Waals surface area contributed by atoms with Crippen molar-refractivity contribution >= 4 is 0 Å². The summed E-state index contributed by atoms with van der Waals surface area (Å²) in [5, 5.41) is 0. The summed E-state index contributed by atoms with van der Waals surface area (Å²) < 4.78 is 5.62. The first kappa shape index (κ1) is 15.9. The summed E-state index contributed by atoms with van der Waals surface area (Å²) >= 11 is 0. The number of hydrogen-bond donors (Lipinski definition) is 0. The van der Waals surface area contributed by atoms with Crippen molar-refractivity contribution in [3.05, 3.63) is 0 Å². The van der Waals surface area contributed by atoms with Gasteiger partial charge in [-0.2, -0.15) is 0 Å². The van der Waals surface area contributed by atoms with Gasteiger partial charge in [-0.05, 0) is 45.6 Å². The highest BCUT2D eigenvalue weighted by Crippen LogP contribution is 2.04. The van der Waals surface area contributed by atoms with Crippen LogP contribution in [-0.4, -0.2) is 37.7 Å². The van der Waals surface area contributed by atoms with Crippen LogP contribution in [0.25, 0.3) is 0 Å². The monoisotopic (exact) mass is 229 g/mol. The maximum Gasteiger partial charge on any atom is 0.0478 e. The van der Waals surface area contributed by atoms with E-state index in [-0.39, 0.29) is 0 Å². The first-order valence-electron chi connectivity index (χ1n) is 6.85. The van der Waals surface area contributed by atoms with Crippen LogP contribution in [0.1, 0.15) is 53.4 Å². The van der Waals surface area contributed by atoms with E-state index in [1.807, 2.05) is 0 Å². The van der Waals surface area contributed by atoms with E-state index in [1.54, 1.807) is 0 Å². The Hall–Kier alpha value is -0.0800. The van der Waals surface area contributed by atoms with Crippen LogP contribution in [0.5, 0.6) is 0 Å². The largest absolute Gasteiger partial charge is 0.381 e. The molecule has 16 heavy (non-hydrogen) atoms. The maximum atomic E-state index is 5.62. The predicted molar refractivity (Wildman–Crippen MR) is 71.9 cm³/mol. The zero-order chi connectivity index (χ0) is 12.4. The second kappa shape index (κ2) is 10.1. The molecule has 0 heterocycles. The highest BCUT2D eigenvalue weighted by molar-refractivity contribution is 4.60. The summed E-state index contributed by atoms with van der Waals surface area (Å²) in [4.78, 5) is 2.41. The molecule has 2 nitrogen and oxygen atoms in total. The van der Waals surface area contributed by atoms with Crippen LogP contribution in [0.4, 0.5) is 0 Å². The summed E-state index contributed by atoms with van der Waals surface area (Å²) in [7, 11) is 2.20. The van der Waals surface area contributed by atoms with Crippen molar-refractivity contribution in [1.29, 1.82) is 0 Å². The van der Waals surface area contributed by atoms with Gasteiger partial charge >= 0.3 is 0 Å². The van der Waals surface area contributed by atoms with Gasteiger partial charge in [-0.25, -0.2) is 0 Å². The lowest BCUT2D eigenvalue weighted by Gasteiger charge is -2.23. The average molecular weight is 229 g/mol. The minimum absolute atomic E-state index is 0.695. The molecule has 0 aliphatic rings. The topological polar surface area (TPSA) is 12.5 Å². The quantitative estimate of drug-likeness (QED) is 0.531. The third-order valence-electron chi connectivity index (χ3n) is 3.21. The highest BCUT2D eigenvalue weighted by Gasteiger charge is 2.05. The number of ether oxygens (including phenoxy) is 1. The fourth-order valence-electron chi connectivity index (χ4n) is 1.64. The number of rotatable bonds is 10. The molecule has 0 rings (SSSR count). The minimum Gasteiger partial charge on any atom is -0.381 e. The molecule has 0 saturated heterocycles. The Morgan fingerprint density at radius 1 is 1.06 bits per heavy atom. The molecule has 0 amide bonds. The molecule has 1 atom stereocenters. The average Bonchev–Trinajstić information content (AvgIpc) is 2.25. The second-order valence-electron chi connectivity index (χ2n) is 5.24. The van der Waals surface area contributed by atoms with Crippen molar-refractivity contribution in [1.82, 2.24) is 4.90 Å². The molecule has 1 unspecified atom stereocenters. The Kier molecular flexibility index (Phi) is 10.0. The summed E-state index contributed by atoms with van der Waals surface area (Å²) in [5.41, 5.74) is 0. The first-order chi connectivity index (χ1) is 7.57. The number of hydrogen-bond acceptors (Lipinski definition) is 2. The third kappa shape index (κ3) is 9.17. The normalized spacial score (nSPS) is 13.7. The van der Waals surface area contributed by atoms with Crippen molar-refractivity contribution in [2.75, 3.05) is 26.8 Å².